The third-order valence-electron chi connectivity index (χ3n) is 3.34. The van der Waals surface area contributed by atoms with Crippen molar-refractivity contribution < 1.29 is 19.6 Å². The zero-order chi connectivity index (χ0) is 15.4. The molecule has 1 aliphatic heterocycles. The second-order valence-corrected chi connectivity index (χ2v) is 4.77. The van der Waals surface area contributed by atoms with Gasteiger partial charge in [-0.05, 0) is 12.1 Å². The van der Waals surface area contributed by atoms with E-state index in [2.05, 4.69) is 0 Å². The van der Waals surface area contributed by atoms with Crippen LogP contribution in [0.4, 0.5) is 5.69 Å². The van der Waals surface area contributed by atoms with Gasteiger partial charge in [-0.3, -0.25) is 24.6 Å². The number of non-ortho nitro benzene ring substituents is 1. The van der Waals surface area contributed by atoms with Crippen LogP contribution in [0.3, 0.4) is 0 Å². The molecule has 0 bridgehead atoms. The average molecular weight is 293 g/mol. The molecular weight excluding hydrogens is 278 g/mol. The van der Waals surface area contributed by atoms with Gasteiger partial charge in [0, 0.05) is 43.9 Å². The predicted octanol–water partition coefficient (Wildman–Crippen LogP) is 0.437. The van der Waals surface area contributed by atoms with Gasteiger partial charge in [0.25, 0.3) is 11.6 Å². The van der Waals surface area contributed by atoms with Crippen LogP contribution in [0.15, 0.2) is 24.3 Å². The van der Waals surface area contributed by atoms with Gasteiger partial charge in [0.15, 0.2) is 0 Å². The Hall–Kier alpha value is -2.48. The normalized spacial score (nSPS) is 15.7. The SMILES string of the molecule is O=C(O)CN1CCN(C(=O)c2ccc([N+](=O)[O-])cc2)CC1. The number of nitro benzene ring substituents is 1. The summed E-state index contributed by atoms with van der Waals surface area (Å²) >= 11 is 0. The van der Waals surface area contributed by atoms with Crippen LogP contribution in [-0.4, -0.2) is 64.4 Å². The molecule has 112 valence electrons. The molecule has 1 N–H and O–H groups in total. The van der Waals surface area contributed by atoms with Gasteiger partial charge in [0.05, 0.1) is 11.5 Å². The van der Waals surface area contributed by atoms with E-state index < -0.39 is 10.9 Å². The van der Waals surface area contributed by atoms with Crippen LogP contribution in [-0.2, 0) is 4.79 Å². The van der Waals surface area contributed by atoms with E-state index in [0.717, 1.165) is 0 Å². The van der Waals surface area contributed by atoms with Crippen molar-refractivity contribution in [1.82, 2.24) is 9.80 Å². The Labute approximate surface area is 120 Å². The van der Waals surface area contributed by atoms with E-state index in [9.17, 15) is 19.7 Å². The average Bonchev–Trinajstić information content (AvgIpc) is 2.47. The number of hydrogen-bond donors (Lipinski definition) is 1. The fraction of sp³-hybridized carbons (Fsp3) is 0.385. The number of carboxylic acid groups (broad SMARTS) is 1. The Morgan fingerprint density at radius 3 is 2.19 bits per heavy atom. The minimum Gasteiger partial charge on any atom is -0.480 e. The number of amides is 1. The largest absolute Gasteiger partial charge is 0.480 e. The molecule has 2 rings (SSSR count). The zero-order valence-electron chi connectivity index (χ0n) is 11.3. The van der Waals surface area contributed by atoms with Crippen molar-refractivity contribution in [2.75, 3.05) is 32.7 Å². The summed E-state index contributed by atoms with van der Waals surface area (Å²) in [5, 5.41) is 19.3. The molecule has 0 aromatic heterocycles. The number of hydrogen-bond acceptors (Lipinski definition) is 5. The van der Waals surface area contributed by atoms with Gasteiger partial charge < -0.3 is 10.0 Å². The number of carboxylic acids is 1. The van der Waals surface area contributed by atoms with Crippen molar-refractivity contribution in [2.45, 2.75) is 0 Å². The lowest BCUT2D eigenvalue weighted by atomic mass is 10.1. The molecule has 21 heavy (non-hydrogen) atoms. The van der Waals surface area contributed by atoms with E-state index in [1.54, 1.807) is 9.80 Å². The Balaban J connectivity index is 1.95. The maximum Gasteiger partial charge on any atom is 0.317 e. The predicted molar refractivity (Wildman–Crippen MR) is 73.1 cm³/mol. The second kappa shape index (κ2) is 6.31. The molecule has 8 nitrogen and oxygen atoms in total. The molecule has 0 atom stereocenters. The molecular formula is C13H15N3O5. The molecule has 1 heterocycles. The van der Waals surface area contributed by atoms with E-state index in [1.165, 1.54) is 24.3 Å². The van der Waals surface area contributed by atoms with Crippen molar-refractivity contribution in [3.63, 3.8) is 0 Å². The van der Waals surface area contributed by atoms with Crippen molar-refractivity contribution in [1.29, 1.82) is 0 Å². The number of aliphatic carboxylic acids is 1. The molecule has 1 aromatic carbocycles. The number of carbonyl (C=O) groups is 2. The Morgan fingerprint density at radius 1 is 1.14 bits per heavy atom. The summed E-state index contributed by atoms with van der Waals surface area (Å²) in [5.41, 5.74) is 0.338. The third kappa shape index (κ3) is 3.76. The van der Waals surface area contributed by atoms with E-state index in [4.69, 9.17) is 5.11 Å². The highest BCUT2D eigenvalue weighted by atomic mass is 16.6. The molecule has 0 spiro atoms. The van der Waals surface area contributed by atoms with Gasteiger partial charge in [-0.2, -0.15) is 0 Å². The maximum atomic E-state index is 12.2. The Bertz CT molecular complexity index is 549. The highest BCUT2D eigenvalue weighted by Gasteiger charge is 2.23. The fourth-order valence-corrected chi connectivity index (χ4v) is 2.21. The molecule has 0 radical (unpaired) electrons. The maximum absolute atomic E-state index is 12.2. The van der Waals surface area contributed by atoms with Crippen LogP contribution < -0.4 is 0 Å². The van der Waals surface area contributed by atoms with Crippen LogP contribution in [0.25, 0.3) is 0 Å². The molecule has 0 saturated carbocycles. The number of carbonyl (C=O) groups excluding carboxylic acids is 1. The number of rotatable bonds is 4. The van der Waals surface area contributed by atoms with Gasteiger partial charge in [0.2, 0.25) is 0 Å². The zero-order valence-corrected chi connectivity index (χ0v) is 11.3. The number of nitro groups is 1. The molecule has 1 fully saturated rings. The summed E-state index contributed by atoms with van der Waals surface area (Å²) in [4.78, 5) is 36.3. The molecule has 1 aliphatic rings. The molecule has 0 aliphatic carbocycles. The first-order valence-electron chi connectivity index (χ1n) is 6.45. The molecule has 1 amide bonds. The van der Waals surface area contributed by atoms with E-state index in [0.29, 0.717) is 31.7 Å². The quantitative estimate of drug-likeness (QED) is 0.638. The number of benzene rings is 1. The minimum atomic E-state index is -0.884. The first-order chi connectivity index (χ1) is 9.97. The lowest BCUT2D eigenvalue weighted by Gasteiger charge is -2.33. The van der Waals surface area contributed by atoms with Crippen LogP contribution in [0.5, 0.6) is 0 Å². The van der Waals surface area contributed by atoms with E-state index >= 15 is 0 Å². The van der Waals surface area contributed by atoms with Gasteiger partial charge in [-0.1, -0.05) is 0 Å². The summed E-state index contributed by atoms with van der Waals surface area (Å²) < 4.78 is 0. The molecule has 1 aromatic rings. The topological polar surface area (TPSA) is 104 Å². The standard InChI is InChI=1S/C13H15N3O5/c17-12(18)9-14-5-7-15(8-6-14)13(19)10-1-3-11(4-2-10)16(20)21/h1-4H,5-9H2,(H,17,18). The van der Waals surface area contributed by atoms with Crippen molar-refractivity contribution in [3.8, 4) is 0 Å². The molecule has 0 unspecified atom stereocenters. The Kier molecular flexibility index (Phi) is 4.49. The van der Waals surface area contributed by atoms with Crippen LogP contribution in [0.2, 0.25) is 0 Å². The highest BCUT2D eigenvalue weighted by Crippen LogP contribution is 2.14. The fourth-order valence-electron chi connectivity index (χ4n) is 2.21. The van der Waals surface area contributed by atoms with Crippen molar-refractivity contribution in [3.05, 3.63) is 39.9 Å². The number of nitrogens with zero attached hydrogens (tertiary/aromatic N) is 3. The smallest absolute Gasteiger partial charge is 0.317 e. The van der Waals surface area contributed by atoms with Crippen LogP contribution >= 0.6 is 0 Å². The second-order valence-electron chi connectivity index (χ2n) is 4.77. The summed E-state index contributed by atoms with van der Waals surface area (Å²) in [7, 11) is 0. The summed E-state index contributed by atoms with van der Waals surface area (Å²) in [6, 6.07) is 5.47. The molecule has 8 heteroatoms. The minimum absolute atomic E-state index is 0.0282. The highest BCUT2D eigenvalue weighted by molar-refractivity contribution is 5.94. The van der Waals surface area contributed by atoms with Crippen LogP contribution in [0, 0.1) is 10.1 Å². The Morgan fingerprint density at radius 2 is 1.71 bits per heavy atom. The number of piperazine rings is 1. The van der Waals surface area contributed by atoms with Gasteiger partial charge in [-0.15, -0.1) is 0 Å². The van der Waals surface area contributed by atoms with Gasteiger partial charge in [0.1, 0.15) is 0 Å². The lowest BCUT2D eigenvalue weighted by molar-refractivity contribution is -0.384. The van der Waals surface area contributed by atoms with E-state index in [1.807, 2.05) is 0 Å². The first-order valence-corrected chi connectivity index (χ1v) is 6.45. The summed E-state index contributed by atoms with van der Waals surface area (Å²) in [6.45, 7) is 1.88. The summed E-state index contributed by atoms with van der Waals surface area (Å²) in [6.07, 6.45) is 0. The monoisotopic (exact) mass is 293 g/mol. The summed E-state index contributed by atoms with van der Waals surface area (Å²) in [5.74, 6) is -1.08. The molecule has 1 saturated heterocycles. The van der Waals surface area contributed by atoms with Crippen molar-refractivity contribution in [2.24, 2.45) is 0 Å². The van der Waals surface area contributed by atoms with Gasteiger partial charge >= 0.3 is 5.97 Å². The van der Waals surface area contributed by atoms with Gasteiger partial charge in [-0.25, -0.2) is 0 Å². The van der Waals surface area contributed by atoms with E-state index in [-0.39, 0.29) is 18.1 Å². The first kappa shape index (κ1) is 14.9. The van der Waals surface area contributed by atoms with Crippen LogP contribution in [0.1, 0.15) is 10.4 Å². The lowest BCUT2D eigenvalue weighted by Crippen LogP contribution is -2.49. The van der Waals surface area contributed by atoms with Crippen molar-refractivity contribution >= 4 is 17.6 Å². The third-order valence-corrected chi connectivity index (χ3v) is 3.34.